The normalized spacial score (nSPS) is 18.9. The summed E-state index contributed by atoms with van der Waals surface area (Å²) in [5.74, 6) is -0.386. The Hall–Kier alpha value is -2.04. The lowest BCUT2D eigenvalue weighted by atomic mass is 10.0. The molecule has 1 aliphatic heterocycles. The molecule has 0 spiro atoms. The minimum atomic E-state index is -1.00. The molecule has 2 rings (SSSR count). The van der Waals surface area contributed by atoms with E-state index < -0.39 is 5.97 Å². The lowest BCUT2D eigenvalue weighted by molar-refractivity contribution is -0.135. The van der Waals surface area contributed by atoms with Crippen LogP contribution < -0.4 is 4.90 Å². The van der Waals surface area contributed by atoms with Crippen LogP contribution in [0.2, 0.25) is 0 Å². The number of hydrogen-bond donors (Lipinski definition) is 1. The fourth-order valence-corrected chi connectivity index (χ4v) is 2.64. The van der Waals surface area contributed by atoms with Crippen molar-refractivity contribution in [2.75, 3.05) is 24.5 Å². The van der Waals surface area contributed by atoms with Crippen LogP contribution in [0.4, 0.5) is 10.5 Å². The molecule has 0 aromatic heterocycles. The van der Waals surface area contributed by atoms with Gasteiger partial charge >= 0.3 is 12.0 Å². The van der Waals surface area contributed by atoms with Gasteiger partial charge in [0.1, 0.15) is 6.54 Å². The number of likely N-dealkylation sites (tertiary alicyclic amines) is 1. The number of carboxylic acid groups (broad SMARTS) is 1. The van der Waals surface area contributed by atoms with Gasteiger partial charge in [-0.25, -0.2) is 4.79 Å². The molecule has 5 nitrogen and oxygen atoms in total. The Balaban J connectivity index is 2.16. The van der Waals surface area contributed by atoms with Crippen LogP contribution in [-0.4, -0.2) is 41.6 Å². The number of carbonyl (C=O) groups is 2. The van der Waals surface area contributed by atoms with Crippen LogP contribution in [0.15, 0.2) is 30.3 Å². The molecule has 21 heavy (non-hydrogen) atoms. The highest BCUT2D eigenvalue weighted by Gasteiger charge is 2.25. The molecule has 1 aliphatic rings. The molecular weight excluding hydrogens is 268 g/mol. The van der Waals surface area contributed by atoms with Crippen LogP contribution in [0.3, 0.4) is 0 Å². The zero-order valence-electron chi connectivity index (χ0n) is 12.4. The molecule has 1 aromatic rings. The van der Waals surface area contributed by atoms with Crippen molar-refractivity contribution >= 4 is 17.7 Å². The average molecular weight is 290 g/mol. The first-order chi connectivity index (χ1) is 10.1. The van der Waals surface area contributed by atoms with E-state index in [-0.39, 0.29) is 12.6 Å². The number of anilines is 1. The predicted molar refractivity (Wildman–Crippen MR) is 81.4 cm³/mol. The number of hydrogen-bond acceptors (Lipinski definition) is 2. The van der Waals surface area contributed by atoms with Gasteiger partial charge in [0.05, 0.1) is 0 Å². The van der Waals surface area contributed by atoms with Crippen molar-refractivity contribution in [3.63, 3.8) is 0 Å². The molecule has 1 unspecified atom stereocenters. The van der Waals surface area contributed by atoms with E-state index in [1.807, 2.05) is 18.2 Å². The highest BCUT2D eigenvalue weighted by molar-refractivity contribution is 5.96. The molecule has 114 valence electrons. The molecule has 1 heterocycles. The van der Waals surface area contributed by atoms with E-state index in [4.69, 9.17) is 5.11 Å². The van der Waals surface area contributed by atoms with Crippen molar-refractivity contribution in [3.05, 3.63) is 30.3 Å². The van der Waals surface area contributed by atoms with Crippen molar-refractivity contribution in [1.82, 2.24) is 4.90 Å². The summed E-state index contributed by atoms with van der Waals surface area (Å²) in [5, 5.41) is 9.08. The number of carboxylic acids is 1. The third kappa shape index (κ3) is 4.21. The summed E-state index contributed by atoms with van der Waals surface area (Å²) in [4.78, 5) is 26.9. The van der Waals surface area contributed by atoms with Crippen molar-refractivity contribution < 1.29 is 14.7 Å². The molecule has 1 N–H and O–H groups in total. The van der Waals surface area contributed by atoms with Gasteiger partial charge in [-0.1, -0.05) is 25.1 Å². The quantitative estimate of drug-likeness (QED) is 0.931. The summed E-state index contributed by atoms with van der Waals surface area (Å²) in [5.41, 5.74) is 0.627. The maximum atomic E-state index is 12.7. The Bertz CT molecular complexity index is 490. The van der Waals surface area contributed by atoms with E-state index >= 15 is 0 Å². The number of aliphatic carboxylic acids is 1. The van der Waals surface area contributed by atoms with Gasteiger partial charge < -0.3 is 10.0 Å². The zero-order chi connectivity index (χ0) is 15.2. The molecule has 1 aromatic carbocycles. The summed E-state index contributed by atoms with van der Waals surface area (Å²) in [7, 11) is 0. The first-order valence-corrected chi connectivity index (χ1v) is 7.41. The van der Waals surface area contributed by atoms with E-state index in [1.165, 1.54) is 4.90 Å². The number of carbonyl (C=O) groups excluding carboxylic acids is 1. The Morgan fingerprint density at radius 2 is 1.95 bits per heavy atom. The van der Waals surface area contributed by atoms with Gasteiger partial charge in [0.25, 0.3) is 0 Å². The number of nitrogens with zero attached hydrogens (tertiary/aromatic N) is 2. The lowest BCUT2D eigenvalue weighted by Gasteiger charge is -2.29. The first kappa shape index (κ1) is 15.4. The van der Waals surface area contributed by atoms with Gasteiger partial charge in [-0.2, -0.15) is 0 Å². The highest BCUT2D eigenvalue weighted by atomic mass is 16.4. The van der Waals surface area contributed by atoms with Crippen LogP contribution >= 0.6 is 0 Å². The molecule has 0 bridgehead atoms. The number of rotatable bonds is 3. The molecule has 5 heteroatoms. The summed E-state index contributed by atoms with van der Waals surface area (Å²) in [6.45, 7) is 3.28. The Kier molecular flexibility index (Phi) is 5.20. The van der Waals surface area contributed by atoms with Gasteiger partial charge in [0, 0.05) is 18.8 Å². The standard InChI is InChI=1S/C16H22N2O3/c1-13-6-5-10-17(11-9-13)16(21)18(12-15(19)20)14-7-3-2-4-8-14/h2-4,7-8,13H,5-6,9-12H2,1H3,(H,19,20). The van der Waals surface area contributed by atoms with Crippen molar-refractivity contribution in [2.24, 2.45) is 5.92 Å². The highest BCUT2D eigenvalue weighted by Crippen LogP contribution is 2.20. The molecule has 0 radical (unpaired) electrons. The van der Waals surface area contributed by atoms with Crippen molar-refractivity contribution in [3.8, 4) is 0 Å². The summed E-state index contributed by atoms with van der Waals surface area (Å²) in [6.07, 6.45) is 3.07. The van der Waals surface area contributed by atoms with Crippen LogP contribution in [0.5, 0.6) is 0 Å². The largest absolute Gasteiger partial charge is 0.480 e. The molecule has 1 fully saturated rings. The predicted octanol–water partition coefficient (Wildman–Crippen LogP) is 2.82. The second-order valence-corrected chi connectivity index (χ2v) is 5.62. The fraction of sp³-hybridized carbons (Fsp3) is 0.500. The lowest BCUT2D eigenvalue weighted by Crippen LogP contribution is -2.46. The topological polar surface area (TPSA) is 60.9 Å². The molecule has 0 aliphatic carbocycles. The van der Waals surface area contributed by atoms with Gasteiger partial charge in [0.2, 0.25) is 0 Å². The van der Waals surface area contributed by atoms with Gasteiger partial charge in [0.15, 0.2) is 0 Å². The van der Waals surface area contributed by atoms with E-state index in [0.717, 1.165) is 19.3 Å². The molecule has 0 saturated carbocycles. The van der Waals surface area contributed by atoms with Crippen molar-refractivity contribution in [1.29, 1.82) is 0 Å². The molecule has 1 atom stereocenters. The number of para-hydroxylation sites is 1. The first-order valence-electron chi connectivity index (χ1n) is 7.41. The monoisotopic (exact) mass is 290 g/mol. The second-order valence-electron chi connectivity index (χ2n) is 5.62. The Morgan fingerprint density at radius 1 is 1.24 bits per heavy atom. The van der Waals surface area contributed by atoms with Crippen molar-refractivity contribution in [2.45, 2.75) is 26.2 Å². The van der Waals surface area contributed by atoms with E-state index in [2.05, 4.69) is 6.92 Å². The van der Waals surface area contributed by atoms with Gasteiger partial charge in [-0.05, 0) is 37.3 Å². The maximum absolute atomic E-state index is 12.7. The number of urea groups is 1. The third-order valence-electron chi connectivity index (χ3n) is 3.88. The minimum absolute atomic E-state index is 0.210. The van der Waals surface area contributed by atoms with E-state index in [0.29, 0.717) is 24.7 Å². The molecular formula is C16H22N2O3. The second kappa shape index (κ2) is 7.11. The Morgan fingerprint density at radius 3 is 2.62 bits per heavy atom. The minimum Gasteiger partial charge on any atom is -0.480 e. The van der Waals surface area contributed by atoms with Crippen LogP contribution in [-0.2, 0) is 4.79 Å². The van der Waals surface area contributed by atoms with Crippen LogP contribution in [0, 0.1) is 5.92 Å². The number of amides is 2. The SMILES string of the molecule is CC1CCCN(C(=O)N(CC(=O)O)c2ccccc2)CC1. The fourth-order valence-electron chi connectivity index (χ4n) is 2.64. The third-order valence-corrected chi connectivity index (χ3v) is 3.88. The maximum Gasteiger partial charge on any atom is 0.325 e. The zero-order valence-corrected chi connectivity index (χ0v) is 12.4. The van der Waals surface area contributed by atoms with Crippen LogP contribution in [0.25, 0.3) is 0 Å². The Labute approximate surface area is 125 Å². The summed E-state index contributed by atoms with van der Waals surface area (Å²) in [6, 6.07) is 8.78. The van der Waals surface area contributed by atoms with Gasteiger partial charge in [-0.15, -0.1) is 0 Å². The van der Waals surface area contributed by atoms with E-state index in [1.54, 1.807) is 17.0 Å². The molecule has 1 saturated heterocycles. The smallest absolute Gasteiger partial charge is 0.325 e. The average Bonchev–Trinajstić information content (AvgIpc) is 2.69. The van der Waals surface area contributed by atoms with E-state index in [9.17, 15) is 9.59 Å². The summed E-state index contributed by atoms with van der Waals surface area (Å²) >= 11 is 0. The summed E-state index contributed by atoms with van der Waals surface area (Å²) < 4.78 is 0. The van der Waals surface area contributed by atoms with Gasteiger partial charge in [-0.3, -0.25) is 9.69 Å². The molecule has 2 amide bonds. The number of benzene rings is 1. The van der Waals surface area contributed by atoms with Crippen LogP contribution in [0.1, 0.15) is 26.2 Å².